The van der Waals surface area contributed by atoms with Gasteiger partial charge in [0, 0.05) is 0 Å². The standard InChI is InChI=1S/2C9H27OSi4.Cr.2O/c2*1-11(2,3)14(10,12(4,5)6)13(7,8)9;;;/h2*1-9H3;;;/q2*-1;+2;;. The van der Waals surface area contributed by atoms with Crippen LogP contribution in [0, 0.1) is 0 Å². The Labute approximate surface area is 204 Å². The van der Waals surface area contributed by atoms with Gasteiger partial charge in [0.1, 0.15) is 0 Å². The van der Waals surface area contributed by atoms with Crippen LogP contribution in [0.2, 0.25) is 118 Å². The molecular formula is C18H54CrO4Si8. The van der Waals surface area contributed by atoms with Gasteiger partial charge in [0.15, 0.2) is 0 Å². The summed E-state index contributed by atoms with van der Waals surface area (Å²) in [5, 5.41) is 0. The summed E-state index contributed by atoms with van der Waals surface area (Å²) in [6.07, 6.45) is 0. The van der Waals surface area contributed by atoms with Crippen molar-refractivity contribution >= 4 is 59.3 Å². The van der Waals surface area contributed by atoms with Gasteiger partial charge in [-0.25, -0.2) is 0 Å². The SMILES string of the molecule is C[Si](C)(C)[Si]([O][Cr](=[O])(=[O])[O][Si]([Si](C)(C)C)([Si](C)(C)C)[Si](C)(C)C)([Si](C)(C)C)[Si](C)(C)C. The van der Waals surface area contributed by atoms with Crippen molar-refractivity contribution in [2.45, 2.75) is 118 Å². The quantitative estimate of drug-likeness (QED) is 0.248. The van der Waals surface area contributed by atoms with Crippen molar-refractivity contribution in [2.24, 2.45) is 0 Å². The first-order chi connectivity index (χ1) is 12.9. The number of rotatable bonds is 10. The first kappa shape index (κ1) is 32.8. The molecule has 0 unspecified atom stereocenters. The molecule has 0 bridgehead atoms. The molecule has 0 fully saturated rings. The fourth-order valence-corrected chi connectivity index (χ4v) is 222. The zero-order valence-electron chi connectivity index (χ0n) is 24.0. The molecule has 4 nitrogen and oxygen atoms in total. The minimum absolute atomic E-state index is 1.88. The predicted molar refractivity (Wildman–Crippen MR) is 155 cm³/mol. The molecule has 0 aromatic rings. The monoisotopic (exact) mass is 610 g/mol. The molecule has 0 aliphatic heterocycles. The zero-order valence-corrected chi connectivity index (χ0v) is 33.3. The van der Waals surface area contributed by atoms with E-state index < -0.39 is 72.9 Å². The Morgan fingerprint density at radius 3 is 0.581 bits per heavy atom. The van der Waals surface area contributed by atoms with E-state index in [9.17, 15) is 7.61 Å². The van der Waals surface area contributed by atoms with E-state index in [4.69, 9.17) is 6.96 Å². The molecule has 0 radical (unpaired) electrons. The Kier molecular flexibility index (Phi) is 9.54. The third-order valence-electron chi connectivity index (χ3n) is 6.79. The third-order valence-corrected chi connectivity index (χ3v) is 150. The molecule has 0 heterocycles. The van der Waals surface area contributed by atoms with E-state index in [1.54, 1.807) is 0 Å². The number of hydrogen-bond donors (Lipinski definition) is 0. The van der Waals surface area contributed by atoms with Crippen LogP contribution in [0.4, 0.5) is 0 Å². The van der Waals surface area contributed by atoms with Gasteiger partial charge in [-0.05, 0) is 0 Å². The van der Waals surface area contributed by atoms with Gasteiger partial charge in [-0.2, -0.15) is 0 Å². The summed E-state index contributed by atoms with van der Waals surface area (Å²) < 4.78 is 42.0. The van der Waals surface area contributed by atoms with E-state index in [-0.39, 0.29) is 0 Å². The van der Waals surface area contributed by atoms with Gasteiger partial charge >= 0.3 is 205 Å². The van der Waals surface area contributed by atoms with Crippen LogP contribution in [-0.2, 0) is 28.2 Å². The second kappa shape index (κ2) is 9.02. The molecule has 0 saturated carbocycles. The molecule has 188 valence electrons. The maximum absolute atomic E-state index is 14.2. The van der Waals surface area contributed by atoms with Crippen molar-refractivity contribution in [1.82, 2.24) is 0 Å². The van der Waals surface area contributed by atoms with Gasteiger partial charge in [-0.15, -0.1) is 0 Å². The zero-order chi connectivity index (χ0) is 25.9. The Morgan fingerprint density at radius 1 is 0.355 bits per heavy atom. The molecule has 0 saturated heterocycles. The summed E-state index contributed by atoms with van der Waals surface area (Å²) in [4.78, 5) is 0. The molecule has 0 atom stereocenters. The Morgan fingerprint density at radius 2 is 0.484 bits per heavy atom. The van der Waals surface area contributed by atoms with Gasteiger partial charge in [-0.3, -0.25) is 0 Å². The normalized spacial score (nSPS) is 16.6. The molecule has 0 aromatic carbocycles. The molecule has 0 aliphatic carbocycles. The van der Waals surface area contributed by atoms with E-state index >= 15 is 0 Å². The van der Waals surface area contributed by atoms with E-state index in [0.29, 0.717) is 0 Å². The van der Waals surface area contributed by atoms with E-state index in [1.165, 1.54) is 0 Å². The minimum atomic E-state index is -5.03. The van der Waals surface area contributed by atoms with Crippen molar-refractivity contribution in [1.29, 1.82) is 0 Å². The summed E-state index contributed by atoms with van der Waals surface area (Å²) in [6, 6.07) is 0. The summed E-state index contributed by atoms with van der Waals surface area (Å²) in [5.41, 5.74) is 0. The molecule has 0 aliphatic rings. The van der Waals surface area contributed by atoms with E-state index in [2.05, 4.69) is 118 Å². The van der Waals surface area contributed by atoms with Crippen LogP contribution in [0.3, 0.4) is 0 Å². The van der Waals surface area contributed by atoms with E-state index in [0.717, 1.165) is 0 Å². The van der Waals surface area contributed by atoms with Crippen molar-refractivity contribution < 1.29 is 28.2 Å². The average molecular weight is 611 g/mol. The average Bonchev–Trinajstić information content (AvgIpc) is 2.33. The fourth-order valence-electron chi connectivity index (χ4n) is 7.82. The number of hydrogen-bond acceptors (Lipinski definition) is 4. The van der Waals surface area contributed by atoms with Crippen LogP contribution in [0.5, 0.6) is 0 Å². The topological polar surface area (TPSA) is 52.6 Å². The third kappa shape index (κ3) is 6.14. The van der Waals surface area contributed by atoms with E-state index in [1.807, 2.05) is 0 Å². The molecule has 0 amide bonds. The summed E-state index contributed by atoms with van der Waals surface area (Å²) in [5.74, 6) is 0. The van der Waals surface area contributed by atoms with Crippen LogP contribution in [0.25, 0.3) is 0 Å². The molecule has 31 heavy (non-hydrogen) atoms. The molecular weight excluding hydrogens is 557 g/mol. The van der Waals surface area contributed by atoms with Crippen molar-refractivity contribution in [2.75, 3.05) is 0 Å². The Hall–Kier alpha value is 1.79. The molecule has 0 aromatic heterocycles. The summed E-state index contributed by atoms with van der Waals surface area (Å²) in [6.45, 7) is 37.5. The second-order valence-electron chi connectivity index (χ2n) is 15.4. The first-order valence-electron chi connectivity index (χ1n) is 11.6. The van der Waals surface area contributed by atoms with Crippen LogP contribution < -0.4 is 0 Å². The van der Waals surface area contributed by atoms with Crippen LogP contribution in [0.1, 0.15) is 0 Å². The molecule has 0 N–H and O–H groups in total. The maximum atomic E-state index is 14.2. The van der Waals surface area contributed by atoms with Crippen LogP contribution in [-0.4, -0.2) is 59.3 Å². The van der Waals surface area contributed by atoms with Gasteiger partial charge < -0.3 is 0 Å². The Balaban J connectivity index is 7.13. The summed E-state index contributed by atoms with van der Waals surface area (Å²) >= 11 is -5.03. The van der Waals surface area contributed by atoms with Crippen LogP contribution in [0.15, 0.2) is 0 Å². The summed E-state index contributed by atoms with van der Waals surface area (Å²) in [7, 11) is -11.3. The fraction of sp³-hybridized carbons (Fsp3) is 1.00. The van der Waals surface area contributed by atoms with Gasteiger partial charge in [0.25, 0.3) is 0 Å². The predicted octanol–water partition coefficient (Wildman–Crippen LogP) is 7.09. The van der Waals surface area contributed by atoms with Crippen molar-refractivity contribution in [3.63, 3.8) is 0 Å². The van der Waals surface area contributed by atoms with Crippen molar-refractivity contribution in [3.05, 3.63) is 0 Å². The van der Waals surface area contributed by atoms with Crippen molar-refractivity contribution in [3.8, 4) is 0 Å². The van der Waals surface area contributed by atoms with Gasteiger partial charge in [0.05, 0.1) is 0 Å². The Bertz CT molecular complexity index is 612. The second-order valence-corrected chi connectivity index (χ2v) is 97.0. The van der Waals surface area contributed by atoms with Gasteiger partial charge in [-0.1, -0.05) is 0 Å². The van der Waals surface area contributed by atoms with Crippen LogP contribution >= 0.6 is 0 Å². The van der Waals surface area contributed by atoms with Gasteiger partial charge in [0.2, 0.25) is 0 Å². The molecule has 0 rings (SSSR count). The first-order valence-corrected chi connectivity index (χ1v) is 44.5. The molecule has 0 spiro atoms. The molecule has 13 heteroatoms.